The Kier molecular flexibility index (Phi) is 564. The summed E-state index contributed by atoms with van der Waals surface area (Å²) in [6.45, 7) is 3.00. The Bertz CT molecular complexity index is 125. The van der Waals surface area contributed by atoms with Gasteiger partial charge in [0, 0.05) is 0 Å². The third-order valence-electron chi connectivity index (χ3n) is 0. The molecule has 0 aromatic heterocycles. The molecule has 0 bridgehead atoms. The first-order valence-corrected chi connectivity index (χ1v) is 2.57. The van der Waals surface area contributed by atoms with Crippen molar-refractivity contribution in [2.45, 2.75) is 0 Å². The maximum Gasteiger partial charge on any atom is 2.00 e. The first-order valence-electron chi connectivity index (χ1n) is 2.57. The van der Waals surface area contributed by atoms with Crippen LogP contribution in [0.2, 0.25) is 0 Å². The van der Waals surface area contributed by atoms with E-state index in [0.717, 1.165) is 0 Å². The molecule has 12 nitrogen and oxygen atoms in total. The van der Waals surface area contributed by atoms with E-state index < -0.39 is 0 Å². The third kappa shape index (κ3) is 1610000. The molecule has 108 valence electrons. The molecule has 0 unspecified atom stereocenters. The number of hydrogen-bond donors (Lipinski definition) is 6. The molecule has 21 heavy (non-hydrogen) atoms. The van der Waals surface area contributed by atoms with Gasteiger partial charge in [-0.05, 0) is 0 Å². The molecule has 0 radical (unpaired) electrons. The van der Waals surface area contributed by atoms with E-state index in [2.05, 4.69) is 0 Å². The SMILES string of the molecule is O=[C-]O.O=[C-]O.O=[C-]O.O=[C-]O.O=[C-]O.O=[C-]O.[Ba+2].[Cd+2].[Zn+2]. The van der Waals surface area contributed by atoms with E-state index in [-0.39, 0.29) is 95.7 Å². The fourth-order valence-corrected chi connectivity index (χ4v) is 0. The van der Waals surface area contributed by atoms with Crippen LogP contribution < -0.4 is 0 Å². The van der Waals surface area contributed by atoms with E-state index in [1.165, 1.54) is 0 Å². The topological polar surface area (TPSA) is 224 Å². The minimum atomic E-state index is 0. The van der Waals surface area contributed by atoms with E-state index >= 15 is 0 Å². The Balaban J connectivity index is -0.0000000114. The number of rotatable bonds is 0. The minimum Gasteiger partial charge on any atom is -0.665 e. The molecule has 0 spiro atoms. The monoisotopic (exact) mass is 586 g/mol. The van der Waals surface area contributed by atoms with Crippen molar-refractivity contribution in [2.24, 2.45) is 0 Å². The van der Waals surface area contributed by atoms with Crippen molar-refractivity contribution in [3.8, 4) is 0 Å². The molecule has 0 aliphatic heterocycles. The van der Waals surface area contributed by atoms with Crippen LogP contribution in [0.25, 0.3) is 0 Å². The van der Waals surface area contributed by atoms with Crippen LogP contribution in [0.5, 0.6) is 0 Å². The van der Waals surface area contributed by atoms with Crippen LogP contribution in [0.1, 0.15) is 0 Å². The molecule has 0 aliphatic rings. The zero-order chi connectivity index (χ0) is 16.2. The Morgan fingerprint density at radius 1 is 0.429 bits per heavy atom. The van der Waals surface area contributed by atoms with Gasteiger partial charge in [-0.15, -0.1) is 0 Å². The Labute approximate surface area is 191 Å². The van der Waals surface area contributed by atoms with Gasteiger partial charge in [0.05, 0.1) is 0 Å². The molecule has 0 rings (SSSR count). The fourth-order valence-electron chi connectivity index (χ4n) is 0. The van der Waals surface area contributed by atoms with Gasteiger partial charge in [0.25, 0.3) is 0 Å². The van der Waals surface area contributed by atoms with Gasteiger partial charge in [-0.25, -0.2) is 0 Å². The number of aliphatic hydroxyl groups excluding tert-OH is 6. The molecule has 0 amide bonds. The van der Waals surface area contributed by atoms with Crippen molar-refractivity contribution in [3.05, 3.63) is 0 Å². The second-order valence-corrected chi connectivity index (χ2v) is 0.548. The van der Waals surface area contributed by atoms with Crippen LogP contribution in [0, 0.1) is 0 Å². The Hall–Kier alpha value is -0.0631. The average Bonchev–Trinajstić information content (AvgIpc) is 2.23. The van der Waals surface area contributed by atoms with Crippen molar-refractivity contribution in [2.75, 3.05) is 0 Å². The van der Waals surface area contributed by atoms with E-state index in [1.54, 1.807) is 0 Å². The molecule has 0 heterocycles. The second kappa shape index (κ2) is 203. The molecule has 0 aliphatic carbocycles. The Morgan fingerprint density at radius 3 is 0.429 bits per heavy atom. The van der Waals surface area contributed by atoms with Crippen LogP contribution in [0.3, 0.4) is 0 Å². The molecule has 6 N–H and O–H groups in total. The second-order valence-electron chi connectivity index (χ2n) is 0.548. The fraction of sp³-hybridized carbons (Fsp3) is 0. The molecule has 0 fully saturated rings. The summed E-state index contributed by atoms with van der Waals surface area (Å²) < 4.78 is 0. The van der Waals surface area contributed by atoms with E-state index in [0.29, 0.717) is 38.8 Å². The summed E-state index contributed by atoms with van der Waals surface area (Å²) in [5, 5.41) is 40.6. The molecule has 0 atom stereocenters. The van der Waals surface area contributed by atoms with E-state index in [1.807, 2.05) is 0 Å². The average molecular weight is 585 g/mol. The van der Waals surface area contributed by atoms with Gasteiger partial charge < -0.3 is 59.4 Å². The van der Waals surface area contributed by atoms with E-state index in [9.17, 15) is 0 Å². The Morgan fingerprint density at radius 2 is 0.429 bits per heavy atom. The van der Waals surface area contributed by atoms with Crippen LogP contribution in [0.15, 0.2) is 0 Å². The van der Waals surface area contributed by atoms with E-state index in [4.69, 9.17) is 59.4 Å². The zero-order valence-corrected chi connectivity index (χ0v) is 21.7. The maximum absolute atomic E-state index is 8.24. The first kappa shape index (κ1) is 58.4. The largest absolute Gasteiger partial charge is 2.00 e. The van der Waals surface area contributed by atoms with Gasteiger partial charge in [-0.3, -0.25) is 0 Å². The van der Waals surface area contributed by atoms with Crippen molar-refractivity contribution >= 4 is 87.7 Å². The van der Waals surface area contributed by atoms with Gasteiger partial charge >= 0.3 is 95.7 Å². The van der Waals surface area contributed by atoms with Crippen molar-refractivity contribution in [1.82, 2.24) is 0 Å². The molecule has 15 heteroatoms. The van der Waals surface area contributed by atoms with Crippen LogP contribution >= 0.6 is 0 Å². The first-order chi connectivity index (χ1) is 8.49. The normalized spacial score (nSPS) is 3.43. The van der Waals surface area contributed by atoms with Gasteiger partial charge in [0.15, 0.2) is 0 Å². The van der Waals surface area contributed by atoms with Crippen molar-refractivity contribution in [3.63, 3.8) is 0 Å². The summed E-state index contributed by atoms with van der Waals surface area (Å²) in [5.41, 5.74) is 0. The molecule has 0 aromatic carbocycles. The van der Waals surface area contributed by atoms with Gasteiger partial charge in [-0.1, -0.05) is 38.8 Å². The summed E-state index contributed by atoms with van der Waals surface area (Å²) in [7, 11) is 0. The summed E-state index contributed by atoms with van der Waals surface area (Å²) in [4.78, 5) is 49.4. The van der Waals surface area contributed by atoms with Gasteiger partial charge in [0.1, 0.15) is 0 Å². The maximum atomic E-state index is 8.24. The van der Waals surface area contributed by atoms with Crippen LogP contribution in [-0.4, -0.2) is 118 Å². The predicted octanol–water partition coefficient (Wildman–Crippen LogP) is -2.72. The molecule has 0 saturated heterocycles. The minimum absolute atomic E-state index is 0. The van der Waals surface area contributed by atoms with Crippen LogP contribution in [-0.2, 0) is 75.5 Å². The van der Waals surface area contributed by atoms with Crippen molar-refractivity contribution < 1.29 is 106 Å². The van der Waals surface area contributed by atoms with Crippen LogP contribution in [0.4, 0.5) is 0 Å². The van der Waals surface area contributed by atoms with Gasteiger partial charge in [0.2, 0.25) is 0 Å². The quantitative estimate of drug-likeness (QED) is 0.126. The molecular weight excluding hydrogens is 579 g/mol. The zero-order valence-electron chi connectivity index (χ0n) is 10.3. The summed E-state index contributed by atoms with van der Waals surface area (Å²) >= 11 is 0. The predicted molar refractivity (Wildman–Crippen MR) is 55.7 cm³/mol. The summed E-state index contributed by atoms with van der Waals surface area (Å²) in [6.07, 6.45) is 0. The summed E-state index contributed by atoms with van der Waals surface area (Å²) in [6, 6.07) is 0. The van der Waals surface area contributed by atoms with Gasteiger partial charge in [-0.2, -0.15) is 0 Å². The smallest absolute Gasteiger partial charge is 0.665 e. The summed E-state index contributed by atoms with van der Waals surface area (Å²) in [5.74, 6) is 0. The standard InChI is InChI=1S/6CHO2.Ba.Cd.Zn/c6*2-1-3;;;/h6*(H,2,3);;;/q6*-1;3*+2. The molecular formula is C6H6BaCdO12Zn. The molecule has 0 aromatic rings. The van der Waals surface area contributed by atoms with Crippen molar-refractivity contribution in [1.29, 1.82) is 0 Å². The molecule has 0 saturated carbocycles. The number of hydrogen-bond acceptors (Lipinski definition) is 6. The third-order valence-corrected chi connectivity index (χ3v) is 0.